The fraction of sp³-hybridized carbons (Fsp3) is 0.786. The van der Waals surface area contributed by atoms with E-state index in [4.69, 9.17) is 10.8 Å². The summed E-state index contributed by atoms with van der Waals surface area (Å²) in [6.45, 7) is 2.07. The summed E-state index contributed by atoms with van der Waals surface area (Å²) in [5.41, 5.74) is 5.20. The Bertz CT molecular complexity index is 367. The van der Waals surface area contributed by atoms with Gasteiger partial charge < -0.3 is 21.1 Å². The predicted molar refractivity (Wildman–Crippen MR) is 77.5 cm³/mol. The number of rotatable bonds is 10. The lowest BCUT2D eigenvalue weighted by Gasteiger charge is -2.23. The van der Waals surface area contributed by atoms with Crippen LogP contribution in [0.4, 0.5) is 0 Å². The summed E-state index contributed by atoms with van der Waals surface area (Å²) in [7, 11) is 0. The van der Waals surface area contributed by atoms with E-state index in [-0.39, 0.29) is 18.7 Å². The maximum absolute atomic E-state index is 12.3. The van der Waals surface area contributed by atoms with E-state index in [0.29, 0.717) is 13.0 Å². The Hall–Kier alpha value is -1.63. The molecule has 1 heterocycles. The van der Waals surface area contributed by atoms with Gasteiger partial charge in [-0.2, -0.15) is 0 Å². The van der Waals surface area contributed by atoms with E-state index in [0.717, 1.165) is 38.8 Å². The molecule has 0 bridgehead atoms. The van der Waals surface area contributed by atoms with Crippen LogP contribution in [0.5, 0.6) is 0 Å². The van der Waals surface area contributed by atoms with Gasteiger partial charge in [-0.25, -0.2) is 0 Å². The lowest BCUT2D eigenvalue weighted by molar-refractivity contribution is -0.137. The molecule has 21 heavy (non-hydrogen) atoms. The number of hydrogen-bond donors (Lipinski definition) is 3. The van der Waals surface area contributed by atoms with Crippen LogP contribution >= 0.6 is 0 Å². The molecule has 1 atom stereocenters. The van der Waals surface area contributed by atoms with Crippen molar-refractivity contribution in [2.45, 2.75) is 51.0 Å². The van der Waals surface area contributed by atoms with Gasteiger partial charge in [0.05, 0.1) is 12.5 Å². The van der Waals surface area contributed by atoms with Crippen molar-refractivity contribution < 1.29 is 19.5 Å². The minimum absolute atomic E-state index is 0.00442. The maximum atomic E-state index is 12.3. The van der Waals surface area contributed by atoms with Crippen LogP contribution in [0.2, 0.25) is 0 Å². The van der Waals surface area contributed by atoms with Crippen molar-refractivity contribution in [3.63, 3.8) is 0 Å². The second-order valence-corrected chi connectivity index (χ2v) is 5.41. The fourth-order valence-electron chi connectivity index (χ4n) is 2.46. The van der Waals surface area contributed by atoms with Gasteiger partial charge in [0.15, 0.2) is 0 Å². The van der Waals surface area contributed by atoms with Crippen LogP contribution in [0.3, 0.4) is 0 Å². The Morgan fingerprint density at radius 2 is 1.81 bits per heavy atom. The first-order valence-electron chi connectivity index (χ1n) is 7.53. The van der Waals surface area contributed by atoms with Crippen LogP contribution in [0.25, 0.3) is 0 Å². The van der Waals surface area contributed by atoms with Crippen LogP contribution in [0.15, 0.2) is 0 Å². The summed E-state index contributed by atoms with van der Waals surface area (Å²) < 4.78 is 0. The van der Waals surface area contributed by atoms with E-state index in [9.17, 15) is 14.4 Å². The number of nitrogens with one attached hydrogen (secondary N) is 1. The van der Waals surface area contributed by atoms with Gasteiger partial charge in [0.2, 0.25) is 11.8 Å². The second-order valence-electron chi connectivity index (χ2n) is 5.41. The second kappa shape index (κ2) is 9.33. The number of carbonyl (C=O) groups excluding carboxylic acids is 2. The summed E-state index contributed by atoms with van der Waals surface area (Å²) >= 11 is 0. The highest BCUT2D eigenvalue weighted by atomic mass is 16.4. The van der Waals surface area contributed by atoms with Crippen LogP contribution in [-0.2, 0) is 14.4 Å². The Kier molecular flexibility index (Phi) is 7.74. The van der Waals surface area contributed by atoms with Crippen molar-refractivity contribution in [3.05, 3.63) is 0 Å². The number of carboxylic acids is 1. The number of primary amides is 1. The zero-order chi connectivity index (χ0) is 15.7. The van der Waals surface area contributed by atoms with E-state index < -0.39 is 17.9 Å². The molecule has 0 aliphatic carbocycles. The molecule has 7 nitrogen and oxygen atoms in total. The Morgan fingerprint density at radius 3 is 2.38 bits per heavy atom. The van der Waals surface area contributed by atoms with Gasteiger partial charge in [-0.1, -0.05) is 6.42 Å². The number of nitrogens with two attached hydrogens (primary N) is 1. The molecule has 1 aliphatic heterocycles. The summed E-state index contributed by atoms with van der Waals surface area (Å²) in [6, 6.07) is -0.555. The number of hydrogen-bond acceptors (Lipinski definition) is 4. The molecule has 0 unspecified atom stereocenters. The maximum Gasteiger partial charge on any atom is 0.303 e. The molecule has 1 aliphatic rings. The third-order valence-corrected chi connectivity index (χ3v) is 3.58. The monoisotopic (exact) mass is 299 g/mol. The molecular formula is C14H25N3O4. The van der Waals surface area contributed by atoms with Crippen LogP contribution in [-0.4, -0.2) is 53.5 Å². The van der Waals surface area contributed by atoms with Gasteiger partial charge in [0.25, 0.3) is 0 Å². The highest BCUT2D eigenvalue weighted by Gasteiger charge is 2.27. The quantitative estimate of drug-likeness (QED) is 0.495. The van der Waals surface area contributed by atoms with Gasteiger partial charge in [-0.3, -0.25) is 14.4 Å². The molecule has 0 aromatic heterocycles. The standard InChI is InChI=1S/C14H25N3O4/c15-12(18)10-11(14(21)17-8-4-5-9-17)16-7-3-1-2-6-13(19)20/h11,16H,1-10H2,(H2,15,18)(H,19,20)/t11-/m0/s1. The topological polar surface area (TPSA) is 113 Å². The summed E-state index contributed by atoms with van der Waals surface area (Å²) in [5.74, 6) is -1.35. The lowest BCUT2D eigenvalue weighted by atomic mass is 10.1. The lowest BCUT2D eigenvalue weighted by Crippen LogP contribution is -2.47. The molecule has 120 valence electrons. The molecule has 1 fully saturated rings. The van der Waals surface area contributed by atoms with Gasteiger partial charge in [0, 0.05) is 19.5 Å². The number of aliphatic carboxylic acids is 1. The number of carbonyl (C=O) groups is 3. The van der Waals surface area contributed by atoms with Crippen molar-refractivity contribution in [3.8, 4) is 0 Å². The first-order valence-corrected chi connectivity index (χ1v) is 7.53. The van der Waals surface area contributed by atoms with Crippen molar-refractivity contribution in [1.82, 2.24) is 10.2 Å². The number of nitrogens with zero attached hydrogens (tertiary/aromatic N) is 1. The molecule has 2 amide bonds. The molecule has 7 heteroatoms. The van der Waals surface area contributed by atoms with Gasteiger partial charge in [-0.15, -0.1) is 0 Å². The van der Waals surface area contributed by atoms with Gasteiger partial charge in [-0.05, 0) is 32.2 Å². The normalized spacial score (nSPS) is 15.9. The SMILES string of the molecule is NC(=O)C[C@H](NCCCCCC(=O)O)C(=O)N1CCCC1. The Labute approximate surface area is 124 Å². The first kappa shape index (κ1) is 17.4. The number of unbranched alkanes of at least 4 members (excludes halogenated alkanes) is 2. The van der Waals surface area contributed by atoms with Gasteiger partial charge >= 0.3 is 5.97 Å². The van der Waals surface area contributed by atoms with Crippen LogP contribution in [0.1, 0.15) is 44.9 Å². The van der Waals surface area contributed by atoms with Crippen LogP contribution in [0, 0.1) is 0 Å². The summed E-state index contributed by atoms with van der Waals surface area (Å²) in [5, 5.41) is 11.6. The Morgan fingerprint density at radius 1 is 1.14 bits per heavy atom. The van der Waals surface area contributed by atoms with Gasteiger partial charge in [0.1, 0.15) is 0 Å². The van der Waals surface area contributed by atoms with E-state index in [1.165, 1.54) is 0 Å². The zero-order valence-electron chi connectivity index (χ0n) is 12.3. The zero-order valence-corrected chi connectivity index (χ0v) is 12.3. The van der Waals surface area contributed by atoms with E-state index in [1.807, 2.05) is 0 Å². The summed E-state index contributed by atoms with van der Waals surface area (Å²) in [6.07, 6.45) is 4.35. The molecule has 0 aromatic rings. The molecule has 4 N–H and O–H groups in total. The van der Waals surface area contributed by atoms with Crippen LogP contribution < -0.4 is 11.1 Å². The van der Waals surface area contributed by atoms with Crippen molar-refractivity contribution in [1.29, 1.82) is 0 Å². The molecule has 1 rings (SSSR count). The minimum atomic E-state index is -0.793. The number of amides is 2. The molecule has 1 saturated heterocycles. The first-order chi connectivity index (χ1) is 10.0. The van der Waals surface area contributed by atoms with E-state index in [2.05, 4.69) is 5.32 Å². The highest BCUT2D eigenvalue weighted by Crippen LogP contribution is 2.10. The number of carboxylic acid groups (broad SMARTS) is 1. The average Bonchev–Trinajstić information content (AvgIpc) is 2.93. The number of likely N-dealkylation sites (tertiary alicyclic amines) is 1. The highest BCUT2D eigenvalue weighted by molar-refractivity contribution is 5.87. The van der Waals surface area contributed by atoms with E-state index in [1.54, 1.807) is 4.90 Å². The minimum Gasteiger partial charge on any atom is -0.481 e. The average molecular weight is 299 g/mol. The molecule has 0 aromatic carbocycles. The summed E-state index contributed by atoms with van der Waals surface area (Å²) in [4.78, 5) is 35.5. The molecule has 0 saturated carbocycles. The third kappa shape index (κ3) is 7.08. The fourth-order valence-corrected chi connectivity index (χ4v) is 2.46. The molecule has 0 radical (unpaired) electrons. The largest absolute Gasteiger partial charge is 0.481 e. The molecule has 0 spiro atoms. The van der Waals surface area contributed by atoms with Crippen molar-refractivity contribution in [2.75, 3.05) is 19.6 Å². The van der Waals surface area contributed by atoms with Crippen molar-refractivity contribution >= 4 is 17.8 Å². The third-order valence-electron chi connectivity index (χ3n) is 3.58. The molecular weight excluding hydrogens is 274 g/mol. The predicted octanol–water partition coefficient (Wildman–Crippen LogP) is 0.0874. The van der Waals surface area contributed by atoms with Crippen molar-refractivity contribution in [2.24, 2.45) is 5.73 Å². The van der Waals surface area contributed by atoms with E-state index >= 15 is 0 Å². The smallest absolute Gasteiger partial charge is 0.303 e. The Balaban J connectivity index is 2.30.